The van der Waals surface area contributed by atoms with Crippen LogP contribution in [-0.4, -0.2) is 24.7 Å². The molecule has 3 nitrogen and oxygen atoms in total. The zero-order valence-corrected chi connectivity index (χ0v) is 12.4. The van der Waals surface area contributed by atoms with Gasteiger partial charge in [0, 0.05) is 6.54 Å². The minimum Gasteiger partial charge on any atom is -0.460 e. The Morgan fingerprint density at radius 2 is 1.89 bits per heavy atom. The van der Waals surface area contributed by atoms with E-state index in [1.54, 1.807) is 0 Å². The minimum atomic E-state index is -0.362. The fourth-order valence-electron chi connectivity index (χ4n) is 4.60. The minimum absolute atomic E-state index is 0.0188. The first-order chi connectivity index (χ1) is 8.94. The van der Waals surface area contributed by atoms with Crippen molar-refractivity contribution >= 4 is 5.97 Å². The molecule has 0 amide bonds. The van der Waals surface area contributed by atoms with Crippen molar-refractivity contribution in [2.24, 2.45) is 29.6 Å². The number of hydrogen-bond donors (Lipinski definition) is 1. The SMILES string of the molecule is CC(C)(C)OC(=O)C1CNCC1C1CC2CCC1C2. The number of carbonyl (C=O) groups excluding carboxylic acids is 1. The molecule has 1 saturated heterocycles. The lowest BCUT2D eigenvalue weighted by Crippen LogP contribution is -2.36. The molecule has 0 aromatic heterocycles. The Morgan fingerprint density at radius 3 is 2.47 bits per heavy atom. The molecule has 1 N–H and O–H groups in total. The molecule has 2 bridgehead atoms. The molecule has 0 aromatic carbocycles. The Bertz CT molecular complexity index is 360. The quantitative estimate of drug-likeness (QED) is 0.780. The van der Waals surface area contributed by atoms with Crippen molar-refractivity contribution in [1.29, 1.82) is 0 Å². The van der Waals surface area contributed by atoms with Gasteiger partial charge in [0.2, 0.25) is 0 Å². The van der Waals surface area contributed by atoms with Gasteiger partial charge in [-0.25, -0.2) is 0 Å². The van der Waals surface area contributed by atoms with Crippen LogP contribution in [0, 0.1) is 29.6 Å². The van der Waals surface area contributed by atoms with Crippen LogP contribution in [0.5, 0.6) is 0 Å². The summed E-state index contributed by atoms with van der Waals surface area (Å²) >= 11 is 0. The maximum absolute atomic E-state index is 12.4. The highest BCUT2D eigenvalue weighted by Crippen LogP contribution is 2.52. The molecule has 5 atom stereocenters. The summed E-state index contributed by atoms with van der Waals surface area (Å²) in [5.41, 5.74) is -0.362. The lowest BCUT2D eigenvalue weighted by Gasteiger charge is -2.31. The molecular weight excluding hydrogens is 238 g/mol. The summed E-state index contributed by atoms with van der Waals surface area (Å²) in [6, 6.07) is 0. The van der Waals surface area contributed by atoms with Gasteiger partial charge in [-0.3, -0.25) is 4.79 Å². The first-order valence-corrected chi connectivity index (χ1v) is 7.87. The van der Waals surface area contributed by atoms with Gasteiger partial charge in [-0.1, -0.05) is 6.42 Å². The molecule has 1 heterocycles. The van der Waals surface area contributed by atoms with Crippen molar-refractivity contribution < 1.29 is 9.53 Å². The lowest BCUT2D eigenvalue weighted by molar-refractivity contribution is -0.161. The van der Waals surface area contributed by atoms with E-state index in [0.29, 0.717) is 5.92 Å². The predicted molar refractivity (Wildman–Crippen MR) is 74.6 cm³/mol. The zero-order chi connectivity index (χ0) is 13.6. The van der Waals surface area contributed by atoms with E-state index in [1.165, 1.54) is 25.7 Å². The van der Waals surface area contributed by atoms with E-state index < -0.39 is 0 Å². The van der Waals surface area contributed by atoms with Crippen molar-refractivity contribution in [3.8, 4) is 0 Å². The summed E-state index contributed by atoms with van der Waals surface area (Å²) in [7, 11) is 0. The number of hydrogen-bond acceptors (Lipinski definition) is 3. The van der Waals surface area contributed by atoms with E-state index in [9.17, 15) is 4.79 Å². The van der Waals surface area contributed by atoms with E-state index in [2.05, 4.69) is 5.32 Å². The number of ether oxygens (including phenoxy) is 1. The number of esters is 1. The predicted octanol–water partition coefficient (Wildman–Crippen LogP) is 2.60. The number of carbonyl (C=O) groups is 1. The van der Waals surface area contributed by atoms with E-state index in [1.807, 2.05) is 20.8 Å². The van der Waals surface area contributed by atoms with E-state index in [-0.39, 0.29) is 17.5 Å². The van der Waals surface area contributed by atoms with Gasteiger partial charge in [-0.05, 0) is 70.3 Å². The Labute approximate surface area is 116 Å². The third kappa shape index (κ3) is 2.67. The van der Waals surface area contributed by atoms with Crippen molar-refractivity contribution in [2.45, 2.75) is 52.1 Å². The molecular formula is C16H27NO2. The van der Waals surface area contributed by atoms with Crippen LogP contribution in [-0.2, 0) is 9.53 Å². The third-order valence-corrected chi connectivity index (χ3v) is 5.31. The topological polar surface area (TPSA) is 38.3 Å². The highest BCUT2D eigenvalue weighted by molar-refractivity contribution is 5.74. The summed E-state index contributed by atoms with van der Waals surface area (Å²) in [6.07, 6.45) is 5.60. The van der Waals surface area contributed by atoms with Crippen LogP contribution >= 0.6 is 0 Å². The summed E-state index contributed by atoms with van der Waals surface area (Å²) in [4.78, 5) is 12.4. The third-order valence-electron chi connectivity index (χ3n) is 5.31. The van der Waals surface area contributed by atoms with Gasteiger partial charge in [-0.15, -0.1) is 0 Å². The standard InChI is InChI=1S/C16H27NO2/c1-16(2,3)19-15(18)14-9-17-8-13(14)12-7-10-4-5-11(12)6-10/h10-14,17H,4-9H2,1-3H3. The fraction of sp³-hybridized carbons (Fsp3) is 0.938. The summed E-state index contributed by atoms with van der Waals surface area (Å²) in [6.45, 7) is 7.70. The monoisotopic (exact) mass is 265 g/mol. The molecule has 19 heavy (non-hydrogen) atoms. The first-order valence-electron chi connectivity index (χ1n) is 7.87. The van der Waals surface area contributed by atoms with Crippen molar-refractivity contribution in [2.75, 3.05) is 13.1 Å². The number of fused-ring (bicyclic) bond motifs is 2. The van der Waals surface area contributed by atoms with Crippen LogP contribution in [0.25, 0.3) is 0 Å². The Morgan fingerprint density at radius 1 is 1.11 bits per heavy atom. The second-order valence-corrected chi connectivity index (χ2v) is 7.80. The molecule has 5 unspecified atom stereocenters. The summed E-state index contributed by atoms with van der Waals surface area (Å²) in [5.74, 6) is 3.24. The maximum atomic E-state index is 12.4. The van der Waals surface area contributed by atoms with E-state index >= 15 is 0 Å². The molecule has 0 radical (unpaired) electrons. The van der Waals surface area contributed by atoms with Crippen LogP contribution in [0.3, 0.4) is 0 Å². The van der Waals surface area contributed by atoms with Gasteiger partial charge in [0.25, 0.3) is 0 Å². The van der Waals surface area contributed by atoms with Crippen LogP contribution in [0.15, 0.2) is 0 Å². The molecule has 108 valence electrons. The second kappa shape index (κ2) is 4.76. The van der Waals surface area contributed by atoms with Gasteiger partial charge in [0.05, 0.1) is 5.92 Å². The van der Waals surface area contributed by atoms with Crippen LogP contribution in [0.1, 0.15) is 46.5 Å². The van der Waals surface area contributed by atoms with Gasteiger partial charge in [-0.2, -0.15) is 0 Å². The molecule has 0 spiro atoms. The zero-order valence-electron chi connectivity index (χ0n) is 12.4. The lowest BCUT2D eigenvalue weighted by atomic mass is 9.75. The number of nitrogens with one attached hydrogen (secondary N) is 1. The molecule has 3 fully saturated rings. The second-order valence-electron chi connectivity index (χ2n) is 7.80. The molecule has 0 aromatic rings. The molecule has 3 aliphatic rings. The Hall–Kier alpha value is -0.570. The molecule has 3 rings (SSSR count). The molecule has 2 aliphatic carbocycles. The van der Waals surface area contributed by atoms with Crippen LogP contribution in [0.2, 0.25) is 0 Å². The largest absolute Gasteiger partial charge is 0.460 e. The van der Waals surface area contributed by atoms with Crippen LogP contribution < -0.4 is 5.32 Å². The molecule has 2 saturated carbocycles. The maximum Gasteiger partial charge on any atom is 0.311 e. The molecule has 3 heteroatoms. The van der Waals surface area contributed by atoms with Gasteiger partial charge in [0.15, 0.2) is 0 Å². The van der Waals surface area contributed by atoms with Crippen molar-refractivity contribution in [1.82, 2.24) is 5.32 Å². The van der Waals surface area contributed by atoms with Crippen molar-refractivity contribution in [3.63, 3.8) is 0 Å². The molecule has 1 aliphatic heterocycles. The van der Waals surface area contributed by atoms with Gasteiger partial charge < -0.3 is 10.1 Å². The average molecular weight is 265 g/mol. The Balaban J connectivity index is 1.66. The highest BCUT2D eigenvalue weighted by Gasteiger charge is 2.48. The number of rotatable bonds is 2. The van der Waals surface area contributed by atoms with E-state index in [0.717, 1.165) is 30.8 Å². The Kier molecular flexibility index (Phi) is 3.36. The highest BCUT2D eigenvalue weighted by atomic mass is 16.6. The smallest absolute Gasteiger partial charge is 0.311 e. The summed E-state index contributed by atoms with van der Waals surface area (Å²) < 4.78 is 5.61. The fourth-order valence-corrected chi connectivity index (χ4v) is 4.60. The van der Waals surface area contributed by atoms with Gasteiger partial charge in [0.1, 0.15) is 5.60 Å². The normalized spacial score (nSPS) is 41.7. The van der Waals surface area contributed by atoms with Crippen molar-refractivity contribution in [3.05, 3.63) is 0 Å². The van der Waals surface area contributed by atoms with Crippen LogP contribution in [0.4, 0.5) is 0 Å². The van der Waals surface area contributed by atoms with E-state index in [4.69, 9.17) is 4.74 Å². The van der Waals surface area contributed by atoms with Gasteiger partial charge >= 0.3 is 5.97 Å². The average Bonchev–Trinajstić information content (AvgIpc) is 3.02. The first kappa shape index (κ1) is 13.4. The summed E-state index contributed by atoms with van der Waals surface area (Å²) in [5, 5.41) is 3.42.